The average Bonchev–Trinajstić information content (AvgIpc) is 3.11. The molecule has 0 saturated carbocycles. The molecule has 4 rings (SSSR count). The molecule has 27 heavy (non-hydrogen) atoms. The second-order valence-electron chi connectivity index (χ2n) is 6.42. The number of methoxy groups -OCH3 is 2. The Morgan fingerprint density at radius 3 is 2.59 bits per heavy atom. The van der Waals surface area contributed by atoms with E-state index in [2.05, 4.69) is 39.5 Å². The summed E-state index contributed by atoms with van der Waals surface area (Å²) in [6, 6.07) is 16.1. The molecule has 0 spiro atoms. The molecule has 0 bridgehead atoms. The second-order valence-corrected chi connectivity index (χ2v) is 6.42. The van der Waals surface area contributed by atoms with Crippen LogP contribution in [0.15, 0.2) is 48.5 Å². The summed E-state index contributed by atoms with van der Waals surface area (Å²) in [4.78, 5) is 11.5. The number of hydrogen-bond donors (Lipinski definition) is 1. The maximum Gasteiger partial charge on any atom is 0.229 e. The molecule has 0 unspecified atom stereocenters. The van der Waals surface area contributed by atoms with Crippen LogP contribution in [-0.4, -0.2) is 30.7 Å². The summed E-state index contributed by atoms with van der Waals surface area (Å²) < 4.78 is 10.7. The number of aryl methyl sites for hydroxylation is 1. The van der Waals surface area contributed by atoms with Crippen molar-refractivity contribution in [1.29, 1.82) is 0 Å². The van der Waals surface area contributed by atoms with Crippen LogP contribution in [0.25, 0.3) is 0 Å². The molecule has 3 aromatic rings. The van der Waals surface area contributed by atoms with E-state index in [0.29, 0.717) is 17.4 Å². The predicted molar refractivity (Wildman–Crippen MR) is 107 cm³/mol. The first-order valence-corrected chi connectivity index (χ1v) is 8.88. The molecular weight excluding hydrogens is 340 g/mol. The monoisotopic (exact) mass is 362 g/mol. The van der Waals surface area contributed by atoms with E-state index in [4.69, 9.17) is 14.5 Å². The zero-order valence-electron chi connectivity index (χ0n) is 15.7. The number of ether oxygens (including phenoxy) is 2. The van der Waals surface area contributed by atoms with Crippen molar-refractivity contribution in [2.75, 3.05) is 31.0 Å². The van der Waals surface area contributed by atoms with Crippen molar-refractivity contribution in [1.82, 2.24) is 9.97 Å². The standard InChI is InChI=1S/C21H22N4O2/c1-14-12-20(25-11-10-15-6-4-5-7-17(15)25)24-21(22-14)23-16-8-9-18(26-2)19(13-16)27-3/h4-9,12-13H,10-11H2,1-3H3,(H,22,23,24). The molecule has 0 amide bonds. The smallest absolute Gasteiger partial charge is 0.229 e. The first kappa shape index (κ1) is 17.1. The topological polar surface area (TPSA) is 59.5 Å². The van der Waals surface area contributed by atoms with Crippen LogP contribution in [0.1, 0.15) is 11.3 Å². The summed E-state index contributed by atoms with van der Waals surface area (Å²) in [7, 11) is 3.24. The summed E-state index contributed by atoms with van der Waals surface area (Å²) in [5.41, 5.74) is 4.31. The lowest BCUT2D eigenvalue weighted by Gasteiger charge is -2.19. The number of nitrogens with one attached hydrogen (secondary N) is 1. The number of fused-ring (bicyclic) bond motifs is 1. The Balaban J connectivity index is 1.64. The van der Waals surface area contributed by atoms with Gasteiger partial charge in [-0.25, -0.2) is 4.98 Å². The Hall–Kier alpha value is -3.28. The Morgan fingerprint density at radius 1 is 0.963 bits per heavy atom. The van der Waals surface area contributed by atoms with E-state index in [1.54, 1.807) is 14.2 Å². The van der Waals surface area contributed by atoms with Gasteiger partial charge in [-0.3, -0.25) is 0 Å². The van der Waals surface area contributed by atoms with Crippen molar-refractivity contribution in [3.05, 3.63) is 59.8 Å². The normalized spacial score (nSPS) is 12.6. The van der Waals surface area contributed by atoms with Crippen molar-refractivity contribution in [3.63, 3.8) is 0 Å². The summed E-state index contributed by atoms with van der Waals surface area (Å²) in [6.07, 6.45) is 1.03. The predicted octanol–water partition coefficient (Wildman–Crippen LogP) is 4.24. The third kappa shape index (κ3) is 3.38. The Bertz CT molecular complexity index is 974. The molecule has 1 aliphatic heterocycles. The fourth-order valence-corrected chi connectivity index (χ4v) is 3.37. The van der Waals surface area contributed by atoms with Gasteiger partial charge in [0.05, 0.1) is 14.2 Å². The van der Waals surface area contributed by atoms with Gasteiger partial charge in [0.1, 0.15) is 5.82 Å². The van der Waals surface area contributed by atoms with Gasteiger partial charge < -0.3 is 19.7 Å². The third-order valence-electron chi connectivity index (χ3n) is 4.64. The molecule has 1 aliphatic rings. The number of nitrogens with zero attached hydrogens (tertiary/aromatic N) is 3. The molecule has 0 radical (unpaired) electrons. The van der Waals surface area contributed by atoms with Crippen LogP contribution in [0.4, 0.5) is 23.1 Å². The van der Waals surface area contributed by atoms with Crippen LogP contribution in [0.2, 0.25) is 0 Å². The number of aromatic nitrogens is 2. The molecule has 2 heterocycles. The van der Waals surface area contributed by atoms with Crippen molar-refractivity contribution >= 4 is 23.1 Å². The average molecular weight is 362 g/mol. The number of anilines is 4. The minimum atomic E-state index is 0.557. The summed E-state index contributed by atoms with van der Waals surface area (Å²) >= 11 is 0. The lowest BCUT2D eigenvalue weighted by atomic mass is 10.2. The molecule has 0 fully saturated rings. The van der Waals surface area contributed by atoms with E-state index in [1.165, 1.54) is 11.3 Å². The van der Waals surface area contributed by atoms with Crippen LogP contribution in [0.5, 0.6) is 11.5 Å². The largest absolute Gasteiger partial charge is 0.493 e. The zero-order chi connectivity index (χ0) is 18.8. The zero-order valence-corrected chi connectivity index (χ0v) is 15.7. The summed E-state index contributed by atoms with van der Waals surface area (Å²) in [5.74, 6) is 2.79. The molecule has 0 aliphatic carbocycles. The van der Waals surface area contributed by atoms with Crippen LogP contribution >= 0.6 is 0 Å². The number of benzene rings is 2. The maximum absolute atomic E-state index is 5.37. The van der Waals surface area contributed by atoms with Gasteiger partial charge in [0.15, 0.2) is 11.5 Å². The van der Waals surface area contributed by atoms with Gasteiger partial charge >= 0.3 is 0 Å². The minimum absolute atomic E-state index is 0.557. The summed E-state index contributed by atoms with van der Waals surface area (Å²) in [5, 5.41) is 3.27. The highest BCUT2D eigenvalue weighted by Crippen LogP contribution is 2.34. The first-order valence-electron chi connectivity index (χ1n) is 8.88. The van der Waals surface area contributed by atoms with Crippen molar-refractivity contribution in [2.24, 2.45) is 0 Å². The first-order chi connectivity index (χ1) is 13.2. The van der Waals surface area contributed by atoms with Gasteiger partial charge in [-0.1, -0.05) is 18.2 Å². The van der Waals surface area contributed by atoms with Crippen molar-refractivity contribution < 1.29 is 9.47 Å². The number of rotatable bonds is 5. The second kappa shape index (κ2) is 7.15. The van der Waals surface area contributed by atoms with Crippen molar-refractivity contribution in [2.45, 2.75) is 13.3 Å². The maximum atomic E-state index is 5.37. The van der Waals surface area contributed by atoms with Crippen LogP contribution in [0, 0.1) is 6.92 Å². The van der Waals surface area contributed by atoms with Gasteiger partial charge in [-0.05, 0) is 37.1 Å². The van der Waals surface area contributed by atoms with Gasteiger partial charge in [0.25, 0.3) is 0 Å². The molecule has 0 atom stereocenters. The Labute approximate surface area is 158 Å². The van der Waals surface area contributed by atoms with E-state index >= 15 is 0 Å². The lowest BCUT2D eigenvalue weighted by molar-refractivity contribution is 0.355. The third-order valence-corrected chi connectivity index (χ3v) is 4.64. The molecule has 138 valence electrons. The van der Waals surface area contributed by atoms with Gasteiger partial charge in [-0.2, -0.15) is 4.98 Å². The molecule has 1 N–H and O–H groups in total. The fraction of sp³-hybridized carbons (Fsp3) is 0.238. The minimum Gasteiger partial charge on any atom is -0.493 e. The molecule has 1 aromatic heterocycles. The van der Waals surface area contributed by atoms with Crippen LogP contribution in [0.3, 0.4) is 0 Å². The highest BCUT2D eigenvalue weighted by atomic mass is 16.5. The van der Waals surface area contributed by atoms with Crippen molar-refractivity contribution in [3.8, 4) is 11.5 Å². The molecule has 0 saturated heterocycles. The van der Waals surface area contributed by atoms with Gasteiger partial charge in [0, 0.05) is 35.7 Å². The van der Waals surface area contributed by atoms with Gasteiger partial charge in [0.2, 0.25) is 5.95 Å². The Kier molecular flexibility index (Phi) is 4.54. The number of para-hydroxylation sites is 1. The molecule has 6 nitrogen and oxygen atoms in total. The quantitative estimate of drug-likeness (QED) is 0.733. The van der Waals surface area contributed by atoms with E-state index in [9.17, 15) is 0 Å². The highest BCUT2D eigenvalue weighted by molar-refractivity contribution is 5.69. The van der Waals surface area contributed by atoms with Crippen LogP contribution < -0.4 is 19.7 Å². The number of hydrogen-bond acceptors (Lipinski definition) is 6. The SMILES string of the molecule is COc1ccc(Nc2nc(C)cc(N3CCc4ccccc43)n2)cc1OC. The lowest BCUT2D eigenvalue weighted by Crippen LogP contribution is -2.16. The highest BCUT2D eigenvalue weighted by Gasteiger charge is 2.21. The Morgan fingerprint density at radius 2 is 1.78 bits per heavy atom. The van der Waals surface area contributed by atoms with E-state index in [0.717, 1.165) is 30.2 Å². The van der Waals surface area contributed by atoms with E-state index in [-0.39, 0.29) is 0 Å². The van der Waals surface area contributed by atoms with Gasteiger partial charge in [-0.15, -0.1) is 0 Å². The molecule has 2 aromatic carbocycles. The fourth-order valence-electron chi connectivity index (χ4n) is 3.37. The molecule has 6 heteroatoms. The molecular formula is C21H22N4O2. The van der Waals surface area contributed by atoms with Crippen LogP contribution in [-0.2, 0) is 6.42 Å². The van der Waals surface area contributed by atoms with E-state index < -0.39 is 0 Å². The van der Waals surface area contributed by atoms with E-state index in [1.807, 2.05) is 31.2 Å². The summed E-state index contributed by atoms with van der Waals surface area (Å²) in [6.45, 7) is 2.90.